The first-order chi connectivity index (χ1) is 14.6. The topological polar surface area (TPSA) is 20.2 Å². The number of hydrogen-bond donors (Lipinski definition) is 1. The first-order valence-electron chi connectivity index (χ1n) is 13.7. The van der Waals surface area contributed by atoms with Crippen LogP contribution in [0.15, 0.2) is 23.8 Å². The Labute approximate surface area is 198 Å². The molecule has 0 aromatic carbocycles. The zero-order chi connectivity index (χ0) is 23.5. The fourth-order valence-electron chi connectivity index (χ4n) is 10.7. The molecular formula is C31H50O. The van der Waals surface area contributed by atoms with E-state index in [0.29, 0.717) is 38.9 Å². The molecule has 8 atom stereocenters. The molecule has 4 saturated carbocycles. The minimum Gasteiger partial charge on any atom is -0.393 e. The Morgan fingerprint density at radius 2 is 1.56 bits per heavy atom. The summed E-state index contributed by atoms with van der Waals surface area (Å²) >= 11 is 0. The Kier molecular flexibility index (Phi) is 4.75. The Hall–Kier alpha value is -0.560. The molecule has 180 valence electrons. The van der Waals surface area contributed by atoms with Crippen LogP contribution in [0.5, 0.6) is 0 Å². The average molecular weight is 439 g/mol. The highest BCUT2D eigenvalue weighted by Gasteiger charge is 2.68. The highest BCUT2D eigenvalue weighted by atomic mass is 16.3. The van der Waals surface area contributed by atoms with Gasteiger partial charge >= 0.3 is 0 Å². The van der Waals surface area contributed by atoms with Crippen LogP contribution in [-0.4, -0.2) is 11.2 Å². The third-order valence-electron chi connectivity index (χ3n) is 13.0. The van der Waals surface area contributed by atoms with Crippen LogP contribution in [0.3, 0.4) is 0 Å². The van der Waals surface area contributed by atoms with E-state index in [9.17, 15) is 5.11 Å². The van der Waals surface area contributed by atoms with Crippen molar-refractivity contribution in [2.45, 2.75) is 119 Å². The van der Waals surface area contributed by atoms with Gasteiger partial charge in [-0.15, -0.1) is 0 Å². The molecule has 1 N–H and O–H groups in total. The lowest BCUT2D eigenvalue weighted by atomic mass is 9.33. The van der Waals surface area contributed by atoms with Gasteiger partial charge in [0, 0.05) is 0 Å². The molecule has 0 aliphatic heterocycles. The summed E-state index contributed by atoms with van der Waals surface area (Å²) in [6, 6.07) is 0. The summed E-state index contributed by atoms with van der Waals surface area (Å²) in [5.74, 6) is 2.04. The molecule has 0 radical (unpaired) electrons. The molecule has 0 spiro atoms. The number of fused-ring (bicyclic) bond motifs is 7. The number of aliphatic hydroxyl groups is 1. The highest BCUT2D eigenvalue weighted by molar-refractivity contribution is 5.37. The highest BCUT2D eigenvalue weighted by Crippen LogP contribution is 2.76. The van der Waals surface area contributed by atoms with Gasteiger partial charge in [-0.25, -0.2) is 0 Å². The third-order valence-corrected chi connectivity index (χ3v) is 13.0. The van der Waals surface area contributed by atoms with E-state index >= 15 is 0 Å². The summed E-state index contributed by atoms with van der Waals surface area (Å²) in [5.41, 5.74) is 5.05. The van der Waals surface area contributed by atoms with Crippen molar-refractivity contribution in [2.75, 3.05) is 0 Å². The van der Waals surface area contributed by atoms with Crippen molar-refractivity contribution >= 4 is 0 Å². The molecule has 4 fully saturated rings. The van der Waals surface area contributed by atoms with Crippen LogP contribution in [-0.2, 0) is 0 Å². The lowest BCUT2D eigenvalue weighted by Crippen LogP contribution is -2.64. The van der Waals surface area contributed by atoms with Crippen molar-refractivity contribution in [3.63, 3.8) is 0 Å². The van der Waals surface area contributed by atoms with Crippen molar-refractivity contribution in [2.24, 2.45) is 50.2 Å². The van der Waals surface area contributed by atoms with Crippen molar-refractivity contribution in [3.8, 4) is 0 Å². The van der Waals surface area contributed by atoms with Gasteiger partial charge < -0.3 is 5.11 Å². The van der Waals surface area contributed by atoms with Crippen molar-refractivity contribution in [1.29, 1.82) is 0 Å². The van der Waals surface area contributed by atoms with E-state index in [-0.39, 0.29) is 11.5 Å². The number of aliphatic hydroxyl groups excluding tert-OH is 1. The molecule has 1 heteroatoms. The minimum atomic E-state index is -0.138. The number of hydrogen-bond acceptors (Lipinski definition) is 1. The molecule has 0 saturated heterocycles. The Bertz CT molecular complexity index is 862. The van der Waals surface area contributed by atoms with Gasteiger partial charge in [0.15, 0.2) is 0 Å². The van der Waals surface area contributed by atoms with E-state index in [1.54, 1.807) is 0 Å². The van der Waals surface area contributed by atoms with Crippen molar-refractivity contribution in [1.82, 2.24) is 0 Å². The zero-order valence-corrected chi connectivity index (χ0v) is 22.4. The van der Waals surface area contributed by atoms with E-state index in [4.69, 9.17) is 0 Å². The van der Waals surface area contributed by atoms with Gasteiger partial charge in [-0.1, -0.05) is 79.2 Å². The minimum absolute atomic E-state index is 0.0372. The predicted molar refractivity (Wildman–Crippen MR) is 135 cm³/mol. The summed E-state index contributed by atoms with van der Waals surface area (Å²) in [6.45, 7) is 24.8. The fourth-order valence-corrected chi connectivity index (χ4v) is 10.7. The van der Waals surface area contributed by atoms with Gasteiger partial charge in [0.05, 0.1) is 6.10 Å². The van der Waals surface area contributed by atoms with E-state index in [1.807, 2.05) is 5.57 Å². The van der Waals surface area contributed by atoms with Crippen LogP contribution in [0.4, 0.5) is 0 Å². The monoisotopic (exact) mass is 438 g/mol. The van der Waals surface area contributed by atoms with Crippen molar-refractivity contribution in [3.05, 3.63) is 23.8 Å². The van der Waals surface area contributed by atoms with Gasteiger partial charge in [0.25, 0.3) is 0 Å². The van der Waals surface area contributed by atoms with Crippen LogP contribution in [0.25, 0.3) is 0 Å². The number of allylic oxidation sites excluding steroid dienone is 3. The van der Waals surface area contributed by atoms with Crippen LogP contribution in [0, 0.1) is 50.2 Å². The van der Waals surface area contributed by atoms with Gasteiger partial charge in [-0.05, 0) is 108 Å². The number of rotatable bonds is 0. The van der Waals surface area contributed by atoms with Crippen LogP contribution in [0.1, 0.15) is 113 Å². The Morgan fingerprint density at radius 1 is 0.875 bits per heavy atom. The summed E-state index contributed by atoms with van der Waals surface area (Å²) in [7, 11) is 0. The summed E-state index contributed by atoms with van der Waals surface area (Å²) in [6.07, 6.45) is 13.8. The first-order valence-corrected chi connectivity index (χ1v) is 13.7. The smallest absolute Gasteiger partial charge is 0.0594 e. The van der Waals surface area contributed by atoms with E-state index in [1.165, 1.54) is 56.9 Å². The SMILES string of the molecule is C=C1CC(C)(C)C[C@H]2C3=CC[C@@H]4[C@@]5(C)CCC(O)C(C)(C)[C@@H]5CC[C@@]4(C)[C@]3(C)CC[C@@]12C. The second kappa shape index (κ2) is 6.56. The lowest BCUT2D eigenvalue weighted by molar-refractivity contribution is -0.201. The standard InChI is InChI=1S/C31H50O/c1-20-18-26(2,3)19-22-21-10-11-24-29(7)14-13-25(32)27(4,5)23(29)12-15-31(24,9)30(21,8)17-16-28(20,22)6/h10,22-25,32H,1,11-19H2,2-9H3/t22-,23-,24+,25?,28-,29-,30+,31+/m0/s1. The van der Waals surface area contributed by atoms with Crippen LogP contribution in [0.2, 0.25) is 0 Å². The molecule has 1 nitrogen and oxygen atoms in total. The van der Waals surface area contributed by atoms with Gasteiger partial charge in [0.1, 0.15) is 0 Å². The molecule has 0 bridgehead atoms. The summed E-state index contributed by atoms with van der Waals surface area (Å²) in [4.78, 5) is 0. The quantitative estimate of drug-likeness (QED) is 0.377. The van der Waals surface area contributed by atoms with Crippen LogP contribution < -0.4 is 0 Å². The van der Waals surface area contributed by atoms with Crippen LogP contribution >= 0.6 is 0 Å². The molecule has 0 heterocycles. The maximum absolute atomic E-state index is 10.9. The molecule has 5 aliphatic rings. The molecule has 0 aromatic heterocycles. The third kappa shape index (κ3) is 2.67. The average Bonchev–Trinajstić information content (AvgIpc) is 2.67. The molecule has 0 aromatic rings. The molecule has 1 unspecified atom stereocenters. The maximum atomic E-state index is 10.9. The molecule has 32 heavy (non-hydrogen) atoms. The van der Waals surface area contributed by atoms with Gasteiger partial charge in [0.2, 0.25) is 0 Å². The largest absolute Gasteiger partial charge is 0.393 e. The summed E-state index contributed by atoms with van der Waals surface area (Å²) < 4.78 is 0. The second-order valence-corrected chi connectivity index (χ2v) is 15.3. The zero-order valence-electron chi connectivity index (χ0n) is 22.4. The first kappa shape index (κ1) is 23.2. The van der Waals surface area contributed by atoms with Gasteiger partial charge in [-0.3, -0.25) is 0 Å². The Balaban J connectivity index is 1.59. The maximum Gasteiger partial charge on any atom is 0.0594 e. The second-order valence-electron chi connectivity index (χ2n) is 15.3. The molecular weight excluding hydrogens is 388 g/mol. The van der Waals surface area contributed by atoms with E-state index < -0.39 is 0 Å². The molecule has 5 aliphatic carbocycles. The lowest BCUT2D eigenvalue weighted by Gasteiger charge is -2.71. The molecule has 0 amide bonds. The summed E-state index contributed by atoms with van der Waals surface area (Å²) in [5, 5.41) is 10.9. The predicted octanol–water partition coefficient (Wildman–Crippen LogP) is 8.34. The normalized spacial score (nSPS) is 53.9. The van der Waals surface area contributed by atoms with Crippen molar-refractivity contribution < 1.29 is 5.11 Å². The van der Waals surface area contributed by atoms with E-state index in [2.05, 4.69) is 68.0 Å². The van der Waals surface area contributed by atoms with Gasteiger partial charge in [-0.2, -0.15) is 0 Å². The van der Waals surface area contributed by atoms with E-state index in [0.717, 1.165) is 12.3 Å². The Morgan fingerprint density at radius 3 is 2.25 bits per heavy atom. The fraction of sp³-hybridized carbons (Fsp3) is 0.871. The molecule has 5 rings (SSSR count).